The molecule has 0 aromatic rings. The van der Waals surface area contributed by atoms with Crippen LogP contribution >= 0.6 is 0 Å². The fourth-order valence-electron chi connectivity index (χ4n) is 1.52. The molecule has 0 fully saturated rings. The number of carbonyl (C=O) groups excluding carboxylic acids is 1. The van der Waals surface area contributed by atoms with Crippen LogP contribution in [0.25, 0.3) is 0 Å². The number of alkyl halides is 17. The second-order valence-electron chi connectivity index (χ2n) is 6.12. The number of halogens is 17. The van der Waals surface area contributed by atoms with E-state index >= 15 is 0 Å². The first-order valence-electron chi connectivity index (χ1n) is 7.43. The topological polar surface area (TPSA) is 47.6 Å². The van der Waals surface area contributed by atoms with Crippen LogP contribution < -0.4 is 5.32 Å². The molecule has 4 nitrogen and oxygen atoms in total. The van der Waals surface area contributed by atoms with Crippen molar-refractivity contribution < 1.29 is 88.9 Å². The van der Waals surface area contributed by atoms with E-state index < -0.39 is 60.3 Å². The molecule has 0 bridgehead atoms. The Hall–Kier alpha value is -1.80. The van der Waals surface area contributed by atoms with Gasteiger partial charge in [-0.2, -0.15) is 74.6 Å². The van der Waals surface area contributed by atoms with E-state index in [1.807, 2.05) is 4.74 Å². The minimum Gasteiger partial charge on any atom is -0.349 e. The SMILES string of the molecule is CC(C)NC(=O)[C@@](F)(OC(F)(F)[C@](F)(OC(F)(F)C(F)(F)C(F)(F)F)C(F)(F)F)C(F)(F)F. The zero-order chi connectivity index (χ0) is 27.3. The summed E-state index contributed by atoms with van der Waals surface area (Å²) in [5, 5.41) is 0.841. The highest BCUT2D eigenvalue weighted by atomic mass is 19.4. The van der Waals surface area contributed by atoms with Crippen LogP contribution in [0.15, 0.2) is 0 Å². The van der Waals surface area contributed by atoms with Gasteiger partial charge in [0.1, 0.15) is 0 Å². The molecule has 21 heteroatoms. The number of rotatable bonds is 8. The van der Waals surface area contributed by atoms with Crippen LogP contribution in [0.2, 0.25) is 0 Å². The molecule has 0 aromatic carbocycles. The second kappa shape index (κ2) is 8.45. The Morgan fingerprint density at radius 3 is 1.27 bits per heavy atom. The fourth-order valence-corrected chi connectivity index (χ4v) is 1.52. The van der Waals surface area contributed by atoms with E-state index in [4.69, 9.17) is 0 Å². The Labute approximate surface area is 170 Å². The lowest BCUT2D eigenvalue weighted by Gasteiger charge is -2.40. The molecular weight excluding hydrogens is 529 g/mol. The highest BCUT2D eigenvalue weighted by Gasteiger charge is 2.85. The second-order valence-corrected chi connectivity index (χ2v) is 6.12. The quantitative estimate of drug-likeness (QED) is 0.423. The summed E-state index contributed by atoms with van der Waals surface area (Å²) < 4.78 is 222. The van der Waals surface area contributed by atoms with Gasteiger partial charge in [0.2, 0.25) is 0 Å². The Morgan fingerprint density at radius 1 is 0.606 bits per heavy atom. The van der Waals surface area contributed by atoms with Crippen molar-refractivity contribution in [2.24, 2.45) is 0 Å². The Balaban J connectivity index is 6.73. The molecule has 0 rings (SSSR count). The van der Waals surface area contributed by atoms with E-state index in [0.29, 0.717) is 13.8 Å². The van der Waals surface area contributed by atoms with Gasteiger partial charge in [-0.05, 0) is 13.8 Å². The number of amides is 1. The minimum atomic E-state index is -8.01. The summed E-state index contributed by atoms with van der Waals surface area (Å²) in [5.74, 6) is -26.0. The lowest BCUT2D eigenvalue weighted by molar-refractivity contribution is -0.548. The van der Waals surface area contributed by atoms with Crippen molar-refractivity contribution in [2.45, 2.75) is 68.3 Å². The average molecular weight is 537 g/mol. The zero-order valence-corrected chi connectivity index (χ0v) is 15.2. The van der Waals surface area contributed by atoms with Crippen LogP contribution in [0.1, 0.15) is 13.8 Å². The highest BCUT2D eigenvalue weighted by molar-refractivity contribution is 5.84. The summed E-state index contributed by atoms with van der Waals surface area (Å²) in [6.45, 7) is 1.43. The maximum atomic E-state index is 14.0. The maximum Gasteiger partial charge on any atom is 0.462 e. The van der Waals surface area contributed by atoms with Crippen molar-refractivity contribution in [3.8, 4) is 0 Å². The van der Waals surface area contributed by atoms with Crippen LogP contribution in [0.5, 0.6) is 0 Å². The van der Waals surface area contributed by atoms with E-state index in [-0.39, 0.29) is 0 Å². The van der Waals surface area contributed by atoms with Gasteiger partial charge in [-0.15, -0.1) is 0 Å². The highest BCUT2D eigenvalue weighted by Crippen LogP contribution is 2.56. The molecule has 198 valence electrons. The Bertz CT molecular complexity index is 712. The van der Waals surface area contributed by atoms with Gasteiger partial charge in [0, 0.05) is 6.04 Å². The molecule has 33 heavy (non-hydrogen) atoms. The number of carbonyl (C=O) groups is 1. The minimum absolute atomic E-state index is 0.713. The molecule has 0 saturated heterocycles. The van der Waals surface area contributed by atoms with E-state index in [1.54, 1.807) is 0 Å². The summed E-state index contributed by atoms with van der Waals surface area (Å²) in [4.78, 5) is 11.2. The van der Waals surface area contributed by atoms with Gasteiger partial charge >= 0.3 is 48.4 Å². The first-order valence-corrected chi connectivity index (χ1v) is 7.43. The third kappa shape index (κ3) is 5.65. The third-order valence-corrected chi connectivity index (χ3v) is 3.07. The van der Waals surface area contributed by atoms with Gasteiger partial charge in [0.15, 0.2) is 0 Å². The van der Waals surface area contributed by atoms with Crippen molar-refractivity contribution in [3.05, 3.63) is 0 Å². The smallest absolute Gasteiger partial charge is 0.349 e. The lowest BCUT2D eigenvalue weighted by Crippen LogP contribution is -2.69. The van der Waals surface area contributed by atoms with Gasteiger partial charge in [0.25, 0.3) is 5.91 Å². The molecule has 0 radical (unpaired) electrons. The Morgan fingerprint density at radius 2 is 1.00 bits per heavy atom. The molecular formula is C12H8F17NO3. The first-order chi connectivity index (χ1) is 14.0. The number of hydrogen-bond acceptors (Lipinski definition) is 3. The molecule has 0 aliphatic carbocycles. The van der Waals surface area contributed by atoms with Crippen molar-refractivity contribution >= 4 is 5.91 Å². The van der Waals surface area contributed by atoms with Crippen LogP contribution in [0, 0.1) is 0 Å². The van der Waals surface area contributed by atoms with Gasteiger partial charge in [0.05, 0.1) is 0 Å². The molecule has 1 amide bonds. The molecule has 0 heterocycles. The van der Waals surface area contributed by atoms with Crippen LogP contribution in [-0.2, 0) is 14.3 Å². The fraction of sp³-hybridized carbons (Fsp3) is 0.917. The first kappa shape index (κ1) is 31.2. The maximum absolute atomic E-state index is 14.0. The normalized spacial score (nSPS) is 18.7. The zero-order valence-electron chi connectivity index (χ0n) is 15.2. The molecule has 0 aliphatic heterocycles. The molecule has 0 unspecified atom stereocenters. The molecule has 0 saturated carbocycles. The number of nitrogens with one attached hydrogen (secondary N) is 1. The number of hydrogen-bond donors (Lipinski definition) is 1. The number of ether oxygens (including phenoxy) is 2. The summed E-state index contributed by atoms with van der Waals surface area (Å²) >= 11 is 0. The van der Waals surface area contributed by atoms with Gasteiger partial charge < -0.3 is 5.32 Å². The van der Waals surface area contributed by atoms with Crippen molar-refractivity contribution in [3.63, 3.8) is 0 Å². The van der Waals surface area contributed by atoms with Gasteiger partial charge in [-0.3, -0.25) is 14.3 Å². The molecule has 0 aliphatic rings. The van der Waals surface area contributed by atoms with Crippen molar-refractivity contribution in [1.29, 1.82) is 0 Å². The lowest BCUT2D eigenvalue weighted by atomic mass is 10.2. The third-order valence-electron chi connectivity index (χ3n) is 3.07. The average Bonchev–Trinajstić information content (AvgIpc) is 2.49. The summed E-state index contributed by atoms with van der Waals surface area (Å²) in [6.07, 6.45) is -38.4. The monoisotopic (exact) mass is 537 g/mol. The Kier molecular flexibility index (Phi) is 7.99. The predicted molar refractivity (Wildman–Crippen MR) is 66.1 cm³/mol. The van der Waals surface area contributed by atoms with Crippen LogP contribution in [0.3, 0.4) is 0 Å². The van der Waals surface area contributed by atoms with E-state index in [9.17, 15) is 79.4 Å². The van der Waals surface area contributed by atoms with E-state index in [2.05, 4.69) is 0 Å². The van der Waals surface area contributed by atoms with E-state index in [1.165, 1.54) is 4.74 Å². The molecule has 0 aromatic heterocycles. The van der Waals surface area contributed by atoms with Crippen molar-refractivity contribution in [2.75, 3.05) is 0 Å². The summed E-state index contributed by atoms with van der Waals surface area (Å²) in [7, 11) is 0. The molecule has 1 N–H and O–H groups in total. The van der Waals surface area contributed by atoms with Crippen LogP contribution in [-0.4, -0.2) is 60.3 Å². The molecule has 0 spiro atoms. The van der Waals surface area contributed by atoms with Gasteiger partial charge in [-0.1, -0.05) is 0 Å². The largest absolute Gasteiger partial charge is 0.462 e. The molecule has 2 atom stereocenters. The van der Waals surface area contributed by atoms with Crippen LogP contribution in [0.4, 0.5) is 74.6 Å². The van der Waals surface area contributed by atoms with Gasteiger partial charge in [-0.25, -0.2) is 0 Å². The standard InChI is InChI=1S/C12H8F17NO3/c1-3(2)30-4(31)5(13,8(17,18)19)32-12(28,29)7(16,10(23,24)25)33-11(26,27)6(14,15)9(20,21)22/h3H,1-2H3,(H,30,31)/t5-,7-/m1/s1. The summed E-state index contributed by atoms with van der Waals surface area (Å²) in [6, 6.07) is -1.61. The van der Waals surface area contributed by atoms with E-state index in [0.717, 1.165) is 5.32 Å². The summed E-state index contributed by atoms with van der Waals surface area (Å²) in [5.41, 5.74) is 0. The van der Waals surface area contributed by atoms with Crippen molar-refractivity contribution in [1.82, 2.24) is 5.32 Å². The predicted octanol–water partition coefficient (Wildman–Crippen LogP) is 5.38.